The lowest BCUT2D eigenvalue weighted by Crippen LogP contribution is -2.13. The first-order valence-corrected chi connectivity index (χ1v) is 4.28. The van der Waals surface area contributed by atoms with Gasteiger partial charge in [-0.3, -0.25) is 4.79 Å². The van der Waals surface area contributed by atoms with Gasteiger partial charge >= 0.3 is 0 Å². The number of carbonyl (C=O) groups excluding carboxylic acids is 1. The number of amides is 1. The van der Waals surface area contributed by atoms with Crippen molar-refractivity contribution in [1.82, 2.24) is 0 Å². The fraction of sp³-hybridized carbons (Fsp3) is 0.300. The van der Waals surface area contributed by atoms with Crippen molar-refractivity contribution in [3.05, 3.63) is 29.8 Å². The molecule has 14 heavy (non-hydrogen) atoms. The molecule has 0 aliphatic heterocycles. The molecule has 0 saturated heterocycles. The minimum Gasteiger partial charge on any atom is -0.491 e. The predicted molar refractivity (Wildman–Crippen MR) is 50.8 cm³/mol. The zero-order chi connectivity index (χ0) is 10.4. The van der Waals surface area contributed by atoms with E-state index >= 15 is 0 Å². The first kappa shape index (κ1) is 10.5. The summed E-state index contributed by atoms with van der Waals surface area (Å²) in [5, 5.41) is 0. The summed E-state index contributed by atoms with van der Waals surface area (Å²) in [5.74, 6) is 0.221. The van der Waals surface area contributed by atoms with E-state index in [0.29, 0.717) is 5.75 Å². The van der Waals surface area contributed by atoms with E-state index in [9.17, 15) is 9.18 Å². The van der Waals surface area contributed by atoms with Crippen LogP contribution in [0, 0.1) is 0 Å². The Bertz CT molecular complexity index is 297. The summed E-state index contributed by atoms with van der Waals surface area (Å²) in [4.78, 5) is 10.6. The molecule has 0 atom stereocenters. The van der Waals surface area contributed by atoms with Gasteiger partial charge in [-0.1, -0.05) is 12.1 Å². The standard InChI is InChI=1S/C10H12FNO2/c11-5-6-14-9-3-1-8(2-4-9)7-10(12)13/h1-4H,5-7H2,(H2,12,13). The van der Waals surface area contributed by atoms with Crippen LogP contribution in [0.1, 0.15) is 5.56 Å². The fourth-order valence-electron chi connectivity index (χ4n) is 1.06. The molecular formula is C10H12FNO2. The number of halogens is 1. The van der Waals surface area contributed by atoms with Crippen LogP contribution in [0.4, 0.5) is 4.39 Å². The van der Waals surface area contributed by atoms with Crippen LogP contribution in [-0.2, 0) is 11.2 Å². The number of rotatable bonds is 5. The highest BCUT2D eigenvalue weighted by molar-refractivity contribution is 5.76. The van der Waals surface area contributed by atoms with Gasteiger partial charge in [0, 0.05) is 0 Å². The molecule has 3 nitrogen and oxygen atoms in total. The van der Waals surface area contributed by atoms with Gasteiger partial charge in [-0.25, -0.2) is 4.39 Å². The summed E-state index contributed by atoms with van der Waals surface area (Å²) in [7, 11) is 0. The molecule has 1 amide bonds. The molecule has 0 heterocycles. The van der Waals surface area contributed by atoms with Crippen LogP contribution < -0.4 is 10.5 Å². The van der Waals surface area contributed by atoms with Crippen LogP contribution in [0.15, 0.2) is 24.3 Å². The molecule has 2 N–H and O–H groups in total. The van der Waals surface area contributed by atoms with Crippen molar-refractivity contribution in [2.45, 2.75) is 6.42 Å². The van der Waals surface area contributed by atoms with Gasteiger partial charge in [0.25, 0.3) is 0 Å². The van der Waals surface area contributed by atoms with Crippen LogP contribution in [0.25, 0.3) is 0 Å². The van der Waals surface area contributed by atoms with Gasteiger partial charge in [-0.05, 0) is 17.7 Å². The molecule has 0 aliphatic carbocycles. The normalized spacial score (nSPS) is 9.79. The number of alkyl halides is 1. The van der Waals surface area contributed by atoms with E-state index in [-0.39, 0.29) is 18.9 Å². The molecular weight excluding hydrogens is 185 g/mol. The van der Waals surface area contributed by atoms with Crippen LogP contribution >= 0.6 is 0 Å². The van der Waals surface area contributed by atoms with E-state index in [2.05, 4.69) is 0 Å². The van der Waals surface area contributed by atoms with E-state index in [4.69, 9.17) is 10.5 Å². The van der Waals surface area contributed by atoms with Crippen LogP contribution in [0.2, 0.25) is 0 Å². The zero-order valence-corrected chi connectivity index (χ0v) is 7.70. The average Bonchev–Trinajstić information content (AvgIpc) is 2.16. The van der Waals surface area contributed by atoms with Gasteiger partial charge in [-0.15, -0.1) is 0 Å². The molecule has 0 fully saturated rings. The van der Waals surface area contributed by atoms with Crippen molar-refractivity contribution in [3.8, 4) is 5.75 Å². The van der Waals surface area contributed by atoms with Crippen LogP contribution in [-0.4, -0.2) is 19.2 Å². The second-order valence-electron chi connectivity index (χ2n) is 2.82. The predicted octanol–water partition coefficient (Wildman–Crippen LogP) is 1.06. The van der Waals surface area contributed by atoms with Crippen molar-refractivity contribution in [3.63, 3.8) is 0 Å². The molecule has 0 saturated carbocycles. The minimum absolute atomic E-state index is 0.0508. The van der Waals surface area contributed by atoms with E-state index < -0.39 is 6.67 Å². The van der Waals surface area contributed by atoms with E-state index in [1.165, 1.54) is 0 Å². The maximum atomic E-state index is 11.7. The second kappa shape index (κ2) is 5.21. The Morgan fingerprint density at radius 3 is 2.50 bits per heavy atom. The SMILES string of the molecule is NC(=O)Cc1ccc(OCCF)cc1. The zero-order valence-electron chi connectivity index (χ0n) is 7.70. The molecule has 1 aromatic carbocycles. The molecule has 0 unspecified atom stereocenters. The van der Waals surface area contributed by atoms with Crippen molar-refractivity contribution in [1.29, 1.82) is 0 Å². The smallest absolute Gasteiger partial charge is 0.221 e. The third kappa shape index (κ3) is 3.43. The molecule has 0 radical (unpaired) electrons. The minimum atomic E-state index is -0.511. The highest BCUT2D eigenvalue weighted by atomic mass is 19.1. The number of hydrogen-bond acceptors (Lipinski definition) is 2. The number of hydrogen-bond donors (Lipinski definition) is 1. The van der Waals surface area contributed by atoms with Gasteiger partial charge in [0.2, 0.25) is 5.91 Å². The fourth-order valence-corrected chi connectivity index (χ4v) is 1.06. The van der Waals surface area contributed by atoms with E-state index in [1.54, 1.807) is 24.3 Å². The summed E-state index contributed by atoms with van der Waals surface area (Å²) in [6.45, 7) is -0.460. The van der Waals surface area contributed by atoms with E-state index in [1.807, 2.05) is 0 Å². The molecule has 1 rings (SSSR count). The Hall–Kier alpha value is -1.58. The topological polar surface area (TPSA) is 52.3 Å². The van der Waals surface area contributed by atoms with Gasteiger partial charge in [0.1, 0.15) is 19.0 Å². The number of benzene rings is 1. The van der Waals surface area contributed by atoms with Crippen molar-refractivity contribution in [2.75, 3.05) is 13.3 Å². The lowest BCUT2D eigenvalue weighted by Gasteiger charge is -2.03. The number of nitrogens with two attached hydrogens (primary N) is 1. The Morgan fingerprint density at radius 2 is 2.00 bits per heavy atom. The monoisotopic (exact) mass is 197 g/mol. The summed E-state index contributed by atoms with van der Waals surface area (Å²) in [5.41, 5.74) is 5.85. The Labute approximate surface area is 81.7 Å². The lowest BCUT2D eigenvalue weighted by atomic mass is 10.1. The Morgan fingerprint density at radius 1 is 1.36 bits per heavy atom. The van der Waals surface area contributed by atoms with Gasteiger partial charge in [0.05, 0.1) is 6.42 Å². The highest BCUT2D eigenvalue weighted by Gasteiger charge is 1.98. The lowest BCUT2D eigenvalue weighted by molar-refractivity contribution is -0.117. The first-order chi connectivity index (χ1) is 6.72. The molecule has 0 aromatic heterocycles. The molecule has 1 aromatic rings. The largest absolute Gasteiger partial charge is 0.491 e. The third-order valence-electron chi connectivity index (χ3n) is 1.65. The Balaban J connectivity index is 2.54. The van der Waals surface area contributed by atoms with Gasteiger partial charge in [-0.2, -0.15) is 0 Å². The molecule has 0 bridgehead atoms. The molecule has 0 aliphatic rings. The van der Waals surface area contributed by atoms with Gasteiger partial charge in [0.15, 0.2) is 0 Å². The Kier molecular flexibility index (Phi) is 3.91. The summed E-state index contributed by atoms with van der Waals surface area (Å²) >= 11 is 0. The molecule has 76 valence electrons. The second-order valence-corrected chi connectivity index (χ2v) is 2.82. The maximum Gasteiger partial charge on any atom is 0.221 e. The number of carbonyl (C=O) groups is 1. The van der Waals surface area contributed by atoms with Crippen molar-refractivity contribution >= 4 is 5.91 Å². The van der Waals surface area contributed by atoms with Crippen LogP contribution in [0.5, 0.6) is 5.75 Å². The third-order valence-corrected chi connectivity index (χ3v) is 1.65. The summed E-state index contributed by atoms with van der Waals surface area (Å²) in [6.07, 6.45) is 0.212. The maximum absolute atomic E-state index is 11.7. The first-order valence-electron chi connectivity index (χ1n) is 4.28. The van der Waals surface area contributed by atoms with Crippen molar-refractivity contribution in [2.24, 2.45) is 5.73 Å². The van der Waals surface area contributed by atoms with E-state index in [0.717, 1.165) is 5.56 Å². The molecule has 4 heteroatoms. The average molecular weight is 197 g/mol. The number of primary amides is 1. The van der Waals surface area contributed by atoms with Gasteiger partial charge < -0.3 is 10.5 Å². The number of ether oxygens (including phenoxy) is 1. The highest BCUT2D eigenvalue weighted by Crippen LogP contribution is 2.12. The summed E-state index contributed by atoms with van der Waals surface area (Å²) < 4.78 is 16.8. The summed E-state index contributed by atoms with van der Waals surface area (Å²) in [6, 6.07) is 6.85. The van der Waals surface area contributed by atoms with Crippen molar-refractivity contribution < 1.29 is 13.9 Å². The quantitative estimate of drug-likeness (QED) is 0.767. The van der Waals surface area contributed by atoms with Crippen LogP contribution in [0.3, 0.4) is 0 Å². The molecule has 0 spiro atoms.